The third-order valence-corrected chi connectivity index (χ3v) is 1.99. The molecule has 0 rings (SSSR count). The van der Waals surface area contributed by atoms with E-state index in [9.17, 15) is 8.42 Å². The van der Waals surface area contributed by atoms with Crippen LogP contribution in [0.25, 0.3) is 0 Å². The topological polar surface area (TPSA) is 37.4 Å². The second-order valence-electron chi connectivity index (χ2n) is 2.56. The molecule has 11 heavy (non-hydrogen) atoms. The lowest BCUT2D eigenvalue weighted by atomic mass is 10.5. The van der Waals surface area contributed by atoms with Crippen molar-refractivity contribution in [3.8, 4) is 0 Å². The third-order valence-electron chi connectivity index (χ3n) is 1.30. The second kappa shape index (κ2) is 4.51. The van der Waals surface area contributed by atoms with Gasteiger partial charge in [-0.1, -0.05) is 13.0 Å². The van der Waals surface area contributed by atoms with Crippen LogP contribution in [0.15, 0.2) is 11.5 Å². The van der Waals surface area contributed by atoms with Gasteiger partial charge in [-0.25, -0.2) is 8.42 Å². The van der Waals surface area contributed by atoms with E-state index in [0.29, 0.717) is 6.54 Å². The molecule has 0 aliphatic rings. The van der Waals surface area contributed by atoms with Crippen LogP contribution in [0.3, 0.4) is 0 Å². The maximum Gasteiger partial charge on any atom is 0.168 e. The Morgan fingerprint density at radius 2 is 2.00 bits per heavy atom. The average Bonchev–Trinajstić information content (AvgIpc) is 1.85. The quantitative estimate of drug-likeness (QED) is 0.627. The minimum absolute atomic E-state index is 0.684. The van der Waals surface area contributed by atoms with Crippen molar-refractivity contribution in [1.29, 1.82) is 0 Å². The van der Waals surface area contributed by atoms with Crippen LogP contribution in [0.5, 0.6) is 0 Å². The normalized spacial score (nSPS) is 13.1. The Balaban J connectivity index is 3.79. The highest BCUT2D eigenvalue weighted by Crippen LogP contribution is 1.87. The molecular formula is C7H15NO2S. The molecule has 0 saturated heterocycles. The van der Waals surface area contributed by atoms with Gasteiger partial charge in [0.1, 0.15) is 0 Å². The van der Waals surface area contributed by atoms with Crippen LogP contribution < -0.4 is 0 Å². The summed E-state index contributed by atoms with van der Waals surface area (Å²) in [5.41, 5.74) is 0. The second-order valence-corrected chi connectivity index (χ2v) is 4.49. The van der Waals surface area contributed by atoms with Crippen LogP contribution in [0.2, 0.25) is 0 Å². The summed E-state index contributed by atoms with van der Waals surface area (Å²) in [4.78, 5) is 2.02. The molecule has 0 aromatic heterocycles. The average molecular weight is 177 g/mol. The van der Waals surface area contributed by atoms with E-state index < -0.39 is 9.84 Å². The summed E-state index contributed by atoms with van der Waals surface area (Å²) in [6, 6.07) is 0. The summed E-state index contributed by atoms with van der Waals surface area (Å²) in [5.74, 6) is 0. The molecule has 0 atom stereocenters. The van der Waals surface area contributed by atoms with Crippen molar-refractivity contribution in [3.63, 3.8) is 0 Å². The lowest BCUT2D eigenvalue weighted by Gasteiger charge is -2.08. The molecule has 0 unspecified atom stereocenters. The first-order valence-corrected chi connectivity index (χ1v) is 5.46. The van der Waals surface area contributed by atoms with Gasteiger partial charge in [0.2, 0.25) is 0 Å². The highest BCUT2D eigenvalue weighted by molar-refractivity contribution is 7.93. The largest absolute Gasteiger partial charge is 0.303 e. The van der Waals surface area contributed by atoms with Gasteiger partial charge in [-0.15, -0.1) is 0 Å². The summed E-state index contributed by atoms with van der Waals surface area (Å²) in [5, 5.41) is 1.24. The molecule has 0 aromatic rings. The van der Waals surface area contributed by atoms with Crippen LogP contribution in [0.4, 0.5) is 0 Å². The molecule has 0 heterocycles. The summed E-state index contributed by atoms with van der Waals surface area (Å²) >= 11 is 0. The Morgan fingerprint density at radius 1 is 1.45 bits per heavy atom. The van der Waals surface area contributed by atoms with Crippen LogP contribution >= 0.6 is 0 Å². The van der Waals surface area contributed by atoms with Gasteiger partial charge in [-0.2, -0.15) is 0 Å². The molecule has 3 nitrogen and oxygen atoms in total. The summed E-state index contributed by atoms with van der Waals surface area (Å²) in [6.45, 7) is 3.63. The Morgan fingerprint density at radius 3 is 2.36 bits per heavy atom. The predicted molar refractivity (Wildman–Crippen MR) is 47.2 cm³/mol. The maximum atomic E-state index is 10.6. The molecule has 0 radical (unpaired) electrons. The van der Waals surface area contributed by atoms with E-state index in [0.717, 1.165) is 6.54 Å². The lowest BCUT2D eigenvalue weighted by Crippen LogP contribution is -2.17. The standard InChI is InChI=1S/C7H15NO2S/c1-4-8(2)6-5-7-11(3,9)10/h5,7H,4,6H2,1-3H3/b7-5+. The molecule has 0 aromatic carbocycles. The molecule has 0 N–H and O–H groups in total. The molecule has 0 fully saturated rings. The van der Waals surface area contributed by atoms with Crippen LogP contribution in [0, 0.1) is 0 Å². The van der Waals surface area contributed by atoms with Crippen molar-refractivity contribution in [2.75, 3.05) is 26.4 Å². The van der Waals surface area contributed by atoms with E-state index in [1.54, 1.807) is 6.08 Å². The highest BCUT2D eigenvalue weighted by Gasteiger charge is 1.93. The number of rotatable bonds is 4. The first kappa shape index (κ1) is 10.7. The molecule has 0 aliphatic carbocycles. The Hall–Kier alpha value is -0.350. The van der Waals surface area contributed by atoms with Gasteiger partial charge in [0.25, 0.3) is 0 Å². The van der Waals surface area contributed by atoms with Crippen molar-refractivity contribution in [1.82, 2.24) is 4.90 Å². The summed E-state index contributed by atoms with van der Waals surface area (Å²) in [7, 11) is -0.998. The zero-order valence-corrected chi connectivity index (χ0v) is 8.06. The smallest absolute Gasteiger partial charge is 0.168 e. The summed E-state index contributed by atoms with van der Waals surface area (Å²) in [6.07, 6.45) is 2.84. The van der Waals surface area contributed by atoms with Gasteiger partial charge in [-0.3, -0.25) is 0 Å². The van der Waals surface area contributed by atoms with Crippen molar-refractivity contribution in [3.05, 3.63) is 11.5 Å². The van der Waals surface area contributed by atoms with Crippen LogP contribution in [0.1, 0.15) is 6.92 Å². The van der Waals surface area contributed by atoms with Gasteiger partial charge < -0.3 is 4.90 Å². The minimum Gasteiger partial charge on any atom is -0.303 e. The number of hydrogen-bond acceptors (Lipinski definition) is 3. The fourth-order valence-corrected chi connectivity index (χ4v) is 0.963. The van der Waals surface area contributed by atoms with Gasteiger partial charge >= 0.3 is 0 Å². The van der Waals surface area contributed by atoms with Gasteiger partial charge in [0.15, 0.2) is 9.84 Å². The van der Waals surface area contributed by atoms with Crippen molar-refractivity contribution < 1.29 is 8.42 Å². The SMILES string of the molecule is CCN(C)C/C=C/S(C)(=O)=O. The van der Waals surface area contributed by atoms with Crippen molar-refractivity contribution in [2.45, 2.75) is 6.92 Å². The number of sulfone groups is 1. The fraction of sp³-hybridized carbons (Fsp3) is 0.714. The van der Waals surface area contributed by atoms with Crippen LogP contribution in [-0.4, -0.2) is 39.7 Å². The van der Waals surface area contributed by atoms with Crippen molar-refractivity contribution >= 4 is 9.84 Å². The first-order valence-electron chi connectivity index (χ1n) is 3.51. The Kier molecular flexibility index (Phi) is 4.37. The van der Waals surface area contributed by atoms with E-state index >= 15 is 0 Å². The maximum absolute atomic E-state index is 10.6. The molecule has 66 valence electrons. The monoisotopic (exact) mass is 177 g/mol. The van der Waals surface area contributed by atoms with E-state index in [2.05, 4.69) is 0 Å². The van der Waals surface area contributed by atoms with Crippen molar-refractivity contribution in [2.24, 2.45) is 0 Å². The number of nitrogens with zero attached hydrogens (tertiary/aromatic N) is 1. The molecule has 4 heteroatoms. The lowest BCUT2D eigenvalue weighted by molar-refractivity contribution is 0.392. The number of likely N-dealkylation sites (N-methyl/N-ethyl adjacent to an activating group) is 1. The zero-order valence-electron chi connectivity index (χ0n) is 7.24. The minimum atomic E-state index is -2.94. The predicted octanol–water partition coefficient (Wildman–Crippen LogP) is 0.496. The summed E-state index contributed by atoms with van der Waals surface area (Å²) < 4.78 is 21.2. The molecule has 0 amide bonds. The van der Waals surface area contributed by atoms with E-state index in [1.807, 2.05) is 18.9 Å². The Labute approximate surface area is 68.6 Å². The molecule has 0 aliphatic heterocycles. The van der Waals surface area contributed by atoms with Gasteiger partial charge in [0.05, 0.1) is 0 Å². The van der Waals surface area contributed by atoms with E-state index in [-0.39, 0.29) is 0 Å². The molecule has 0 bridgehead atoms. The van der Waals surface area contributed by atoms with Crippen LogP contribution in [-0.2, 0) is 9.84 Å². The Bertz CT molecular complexity index is 219. The number of hydrogen-bond donors (Lipinski definition) is 0. The molecular weight excluding hydrogens is 162 g/mol. The van der Waals surface area contributed by atoms with E-state index in [4.69, 9.17) is 0 Å². The molecule has 0 spiro atoms. The zero-order chi connectivity index (χ0) is 8.91. The molecule has 0 saturated carbocycles. The third kappa shape index (κ3) is 7.55. The van der Waals surface area contributed by atoms with Gasteiger partial charge in [-0.05, 0) is 13.6 Å². The van der Waals surface area contributed by atoms with Gasteiger partial charge in [0, 0.05) is 18.2 Å². The first-order chi connectivity index (χ1) is 4.95. The fourth-order valence-electron chi connectivity index (χ4n) is 0.527. The van der Waals surface area contributed by atoms with E-state index in [1.165, 1.54) is 11.7 Å². The highest BCUT2D eigenvalue weighted by atomic mass is 32.2.